The van der Waals surface area contributed by atoms with Crippen molar-refractivity contribution in [2.45, 2.75) is 0 Å². The first-order valence-electron chi connectivity index (χ1n) is 7.29. The number of rotatable bonds is 4. The molecule has 0 aliphatic carbocycles. The third kappa shape index (κ3) is 2.99. The number of carbonyl (C=O) groups is 1. The molecule has 1 aliphatic rings. The number of hydrogen-bond donors (Lipinski definition) is 2. The van der Waals surface area contributed by atoms with Crippen LogP contribution in [0.15, 0.2) is 47.5 Å². The van der Waals surface area contributed by atoms with Crippen LogP contribution in [-0.4, -0.2) is 37.2 Å². The van der Waals surface area contributed by atoms with E-state index in [4.69, 9.17) is 16.3 Å². The van der Waals surface area contributed by atoms with Gasteiger partial charge < -0.3 is 4.74 Å². The second kappa shape index (κ2) is 7.00. The molecule has 0 aromatic heterocycles. The molecule has 0 radical (unpaired) electrons. The van der Waals surface area contributed by atoms with Crippen molar-refractivity contribution in [1.29, 1.82) is 0 Å². The van der Waals surface area contributed by atoms with E-state index in [1.165, 1.54) is 12.0 Å². The molecule has 3 rings (SSSR count). The molecule has 0 spiro atoms. The fourth-order valence-corrected chi connectivity index (χ4v) is 2.86. The predicted molar refractivity (Wildman–Crippen MR) is 93.2 cm³/mol. The Balaban J connectivity index is 2.22. The second-order valence-corrected chi connectivity index (χ2v) is 5.64. The van der Waals surface area contributed by atoms with Crippen molar-refractivity contribution in [3.63, 3.8) is 0 Å². The number of halogens is 1. The van der Waals surface area contributed by atoms with Gasteiger partial charge in [-0.05, 0) is 24.3 Å². The highest BCUT2D eigenvalue weighted by Crippen LogP contribution is 2.31. The second-order valence-electron chi connectivity index (χ2n) is 5.23. The van der Waals surface area contributed by atoms with Crippen LogP contribution in [0.25, 0.3) is 0 Å². The predicted octanol–water partition coefficient (Wildman–Crippen LogP) is 2.93. The molecule has 1 aliphatic heterocycles. The van der Waals surface area contributed by atoms with E-state index >= 15 is 0 Å². The Hall–Kier alpha value is -2.41. The van der Waals surface area contributed by atoms with E-state index in [1.807, 2.05) is 18.2 Å². The van der Waals surface area contributed by atoms with Gasteiger partial charge in [0.05, 0.1) is 17.1 Å². The van der Waals surface area contributed by atoms with Gasteiger partial charge in [-0.3, -0.25) is 25.4 Å². The minimum Gasteiger partial charge on any atom is -0.364 e. The molecule has 1 heterocycles. The van der Waals surface area contributed by atoms with Crippen molar-refractivity contribution < 1.29 is 14.7 Å². The van der Waals surface area contributed by atoms with Crippen LogP contribution in [0.2, 0.25) is 5.02 Å². The summed E-state index contributed by atoms with van der Waals surface area (Å²) in [7, 11) is 1.53. The minimum absolute atomic E-state index is 0.0134. The summed E-state index contributed by atoms with van der Waals surface area (Å²) in [5.41, 5.74) is 5.26. The molecule has 2 aromatic carbocycles. The Labute approximate surface area is 144 Å². The number of aliphatic imine (C=N–C) groups is 1. The highest BCUT2D eigenvalue weighted by Gasteiger charge is 2.26. The molecule has 1 amide bonds. The number of amides is 1. The lowest BCUT2D eigenvalue weighted by Crippen LogP contribution is -2.34. The summed E-state index contributed by atoms with van der Waals surface area (Å²) in [6.07, 6.45) is 0. The third-order valence-electron chi connectivity index (χ3n) is 3.73. The number of nitrogens with one attached hydrogen (secondary N) is 1. The van der Waals surface area contributed by atoms with Gasteiger partial charge in [-0.1, -0.05) is 29.8 Å². The quantitative estimate of drug-likeness (QED) is 0.835. The third-order valence-corrected chi connectivity index (χ3v) is 4.06. The van der Waals surface area contributed by atoms with Crippen LogP contribution in [0.4, 0.5) is 11.4 Å². The molecule has 2 N–H and O–H groups in total. The van der Waals surface area contributed by atoms with E-state index in [-0.39, 0.29) is 19.2 Å². The largest absolute Gasteiger partial charge is 0.364 e. The van der Waals surface area contributed by atoms with Crippen LogP contribution < -0.4 is 10.4 Å². The number of ether oxygens (including phenoxy) is 1. The summed E-state index contributed by atoms with van der Waals surface area (Å²) in [6, 6.07) is 12.4. The number of benzene rings is 2. The monoisotopic (exact) mass is 345 g/mol. The first-order chi connectivity index (χ1) is 11.7. The summed E-state index contributed by atoms with van der Waals surface area (Å²) >= 11 is 6.32. The number of carbonyl (C=O) groups excluding carboxylic acids is 1. The Morgan fingerprint density at radius 2 is 2.08 bits per heavy atom. The lowest BCUT2D eigenvalue weighted by Gasteiger charge is -2.22. The topological polar surface area (TPSA) is 74.2 Å². The van der Waals surface area contributed by atoms with Gasteiger partial charge in [-0.15, -0.1) is 0 Å². The maximum Gasteiger partial charge on any atom is 0.250 e. The van der Waals surface area contributed by atoms with Crippen LogP contribution in [0.3, 0.4) is 0 Å². The Kier molecular flexibility index (Phi) is 4.80. The fourth-order valence-electron chi connectivity index (χ4n) is 2.64. The molecule has 124 valence electrons. The van der Waals surface area contributed by atoms with Gasteiger partial charge in [0.25, 0.3) is 5.91 Å². The van der Waals surface area contributed by atoms with Crippen LogP contribution in [0.5, 0.6) is 0 Å². The Bertz CT molecular complexity index is 807. The zero-order valence-electron chi connectivity index (χ0n) is 13.0. The maximum absolute atomic E-state index is 12.4. The molecular weight excluding hydrogens is 330 g/mol. The average molecular weight is 346 g/mol. The zero-order valence-corrected chi connectivity index (χ0v) is 13.7. The molecule has 0 saturated heterocycles. The first-order valence-corrected chi connectivity index (χ1v) is 7.66. The van der Waals surface area contributed by atoms with E-state index < -0.39 is 0 Å². The average Bonchev–Trinajstić information content (AvgIpc) is 2.73. The van der Waals surface area contributed by atoms with Gasteiger partial charge in [-0.25, -0.2) is 0 Å². The molecular formula is C17H16ClN3O3. The molecule has 0 unspecified atom stereocenters. The van der Waals surface area contributed by atoms with Gasteiger partial charge in [0, 0.05) is 23.3 Å². The molecule has 0 atom stereocenters. The molecule has 0 bridgehead atoms. The number of hydrogen-bond acceptors (Lipinski definition) is 5. The summed E-state index contributed by atoms with van der Waals surface area (Å²) in [6.45, 7) is 0.101. The summed E-state index contributed by atoms with van der Waals surface area (Å²) in [5, 5.41) is 9.76. The van der Waals surface area contributed by atoms with Gasteiger partial charge in [0.2, 0.25) is 0 Å². The lowest BCUT2D eigenvalue weighted by molar-refractivity contribution is -0.118. The van der Waals surface area contributed by atoms with Crippen molar-refractivity contribution >= 4 is 34.6 Å². The SMILES string of the molecule is COCN1C(=O)CN=C(c2ccccc2Cl)c2cc(NO)ccc21. The van der Waals surface area contributed by atoms with Gasteiger partial charge in [-0.2, -0.15) is 0 Å². The highest BCUT2D eigenvalue weighted by molar-refractivity contribution is 6.36. The van der Waals surface area contributed by atoms with Crippen molar-refractivity contribution in [3.05, 3.63) is 58.6 Å². The molecule has 7 heteroatoms. The first kappa shape index (κ1) is 16.4. The van der Waals surface area contributed by atoms with E-state index in [1.54, 1.807) is 24.3 Å². The maximum atomic E-state index is 12.4. The van der Waals surface area contributed by atoms with E-state index in [2.05, 4.69) is 10.5 Å². The highest BCUT2D eigenvalue weighted by atomic mass is 35.5. The number of benzodiazepines with no additional fused rings is 1. The van der Waals surface area contributed by atoms with Gasteiger partial charge in [0.15, 0.2) is 0 Å². The zero-order chi connectivity index (χ0) is 17.1. The van der Waals surface area contributed by atoms with E-state index in [9.17, 15) is 10.0 Å². The molecule has 0 fully saturated rings. The van der Waals surface area contributed by atoms with Gasteiger partial charge in [0.1, 0.15) is 13.3 Å². The number of fused-ring (bicyclic) bond motifs is 1. The van der Waals surface area contributed by atoms with Gasteiger partial charge >= 0.3 is 0 Å². The number of methoxy groups -OCH3 is 1. The Morgan fingerprint density at radius 3 is 2.79 bits per heavy atom. The van der Waals surface area contributed by atoms with E-state index in [0.29, 0.717) is 27.7 Å². The van der Waals surface area contributed by atoms with Crippen LogP contribution in [-0.2, 0) is 9.53 Å². The minimum atomic E-state index is -0.176. The lowest BCUT2D eigenvalue weighted by atomic mass is 9.99. The van der Waals surface area contributed by atoms with E-state index in [0.717, 1.165) is 5.56 Å². The number of nitrogens with zero attached hydrogens (tertiary/aromatic N) is 2. The molecule has 6 nitrogen and oxygen atoms in total. The van der Waals surface area contributed by atoms with Crippen molar-refractivity contribution in [3.8, 4) is 0 Å². The number of anilines is 2. The summed E-state index contributed by atoms with van der Waals surface area (Å²) < 4.78 is 5.15. The smallest absolute Gasteiger partial charge is 0.250 e. The van der Waals surface area contributed by atoms with Crippen LogP contribution >= 0.6 is 11.6 Å². The van der Waals surface area contributed by atoms with Crippen molar-refractivity contribution in [1.82, 2.24) is 0 Å². The standard InChI is InChI=1S/C17H16ClN3O3/c1-24-10-21-15-7-6-11(20-23)8-13(15)17(19-9-16(21)22)12-4-2-3-5-14(12)18/h2-8,20,23H,9-10H2,1H3. The van der Waals surface area contributed by atoms with Crippen molar-refractivity contribution in [2.24, 2.45) is 4.99 Å². The fraction of sp³-hybridized carbons (Fsp3) is 0.176. The van der Waals surface area contributed by atoms with Crippen LogP contribution in [0, 0.1) is 0 Å². The molecule has 2 aromatic rings. The molecule has 0 saturated carbocycles. The Morgan fingerprint density at radius 1 is 1.29 bits per heavy atom. The normalized spacial score (nSPS) is 14.0. The summed E-state index contributed by atoms with van der Waals surface area (Å²) in [5.74, 6) is -0.176. The molecule has 24 heavy (non-hydrogen) atoms. The van der Waals surface area contributed by atoms with Crippen molar-refractivity contribution in [2.75, 3.05) is 30.8 Å². The van der Waals surface area contributed by atoms with Crippen LogP contribution in [0.1, 0.15) is 11.1 Å². The summed E-state index contributed by atoms with van der Waals surface area (Å²) in [4.78, 5) is 18.4.